The first-order valence-corrected chi connectivity index (χ1v) is 13.9. The Bertz CT molecular complexity index is 369. The van der Waals surface area contributed by atoms with Gasteiger partial charge in [-0.1, -0.05) is 104 Å². The highest BCUT2D eigenvalue weighted by atomic mass is 32.2. The minimum atomic E-state index is 0.870. The highest BCUT2D eigenvalue weighted by molar-refractivity contribution is 7.97. The van der Waals surface area contributed by atoms with Gasteiger partial charge in [0.2, 0.25) is 0 Å². The van der Waals surface area contributed by atoms with Gasteiger partial charge in [-0.05, 0) is 56.3 Å². The van der Waals surface area contributed by atoms with Crippen LogP contribution in [0.3, 0.4) is 0 Å². The predicted molar refractivity (Wildman–Crippen MR) is 129 cm³/mol. The second-order valence-corrected chi connectivity index (χ2v) is 11.8. The second-order valence-electron chi connectivity index (χ2n) is 10.5. The number of unbranched alkanes of at least 4 members (excludes halogenated alkanes) is 3. The summed E-state index contributed by atoms with van der Waals surface area (Å²) in [7, 11) is 0. The molecule has 0 heterocycles. The molecule has 2 fully saturated rings. The fraction of sp³-hybridized carbons (Fsp3) is 1.00. The number of hydrogen-bond donors (Lipinski definition) is 0. The van der Waals surface area contributed by atoms with E-state index in [1.807, 2.05) is 0 Å². The van der Waals surface area contributed by atoms with Crippen LogP contribution in [0.25, 0.3) is 0 Å². The molecule has 0 aliphatic heterocycles. The van der Waals surface area contributed by atoms with E-state index in [-0.39, 0.29) is 0 Å². The zero-order valence-corrected chi connectivity index (χ0v) is 20.6. The first-order valence-electron chi connectivity index (χ1n) is 13.0. The van der Waals surface area contributed by atoms with Gasteiger partial charge in [0, 0.05) is 17.8 Å². The molecule has 0 aromatic carbocycles. The van der Waals surface area contributed by atoms with E-state index in [4.69, 9.17) is 0 Å². The van der Waals surface area contributed by atoms with Crippen molar-refractivity contribution in [1.82, 2.24) is 4.31 Å². The summed E-state index contributed by atoms with van der Waals surface area (Å²) in [5, 5.41) is 0.892. The van der Waals surface area contributed by atoms with Gasteiger partial charge in [-0.15, -0.1) is 0 Å². The Morgan fingerprint density at radius 2 is 1.50 bits per heavy atom. The summed E-state index contributed by atoms with van der Waals surface area (Å²) >= 11 is 2.35. The number of nitrogens with zero attached hydrogens (tertiary/aromatic N) is 1. The minimum absolute atomic E-state index is 0.870. The lowest BCUT2D eigenvalue weighted by molar-refractivity contribution is 0.253. The van der Waals surface area contributed by atoms with Crippen LogP contribution in [0.15, 0.2) is 0 Å². The quantitative estimate of drug-likeness (QED) is 0.221. The second kappa shape index (κ2) is 14.3. The van der Waals surface area contributed by atoms with Gasteiger partial charge in [-0.2, -0.15) is 0 Å². The maximum absolute atomic E-state index is 2.92. The molecule has 28 heavy (non-hydrogen) atoms. The van der Waals surface area contributed by atoms with Crippen LogP contribution in [0, 0.1) is 17.8 Å². The van der Waals surface area contributed by atoms with Crippen LogP contribution in [0.5, 0.6) is 0 Å². The Labute approximate surface area is 182 Å². The highest BCUT2D eigenvalue weighted by Gasteiger charge is 2.30. The molecule has 0 amide bonds. The topological polar surface area (TPSA) is 3.24 Å². The zero-order chi connectivity index (χ0) is 20.2. The molecule has 0 N–H and O–H groups in total. The van der Waals surface area contributed by atoms with Gasteiger partial charge in [0.1, 0.15) is 0 Å². The summed E-state index contributed by atoms with van der Waals surface area (Å²) in [6.45, 7) is 10.9. The van der Waals surface area contributed by atoms with Gasteiger partial charge < -0.3 is 0 Å². The molecular weight excluding hydrogens is 358 g/mol. The summed E-state index contributed by atoms with van der Waals surface area (Å²) in [4.78, 5) is 0. The Balaban J connectivity index is 1.95. The van der Waals surface area contributed by atoms with Gasteiger partial charge in [-0.3, -0.25) is 0 Å². The first-order chi connectivity index (χ1) is 13.6. The fourth-order valence-electron chi connectivity index (χ4n) is 5.31. The third-order valence-electron chi connectivity index (χ3n) is 7.34. The highest BCUT2D eigenvalue weighted by Crippen LogP contribution is 2.41. The first kappa shape index (κ1) is 24.6. The van der Waals surface area contributed by atoms with Crippen LogP contribution in [-0.2, 0) is 0 Å². The van der Waals surface area contributed by atoms with Gasteiger partial charge in [-0.25, -0.2) is 4.31 Å². The van der Waals surface area contributed by atoms with Crippen molar-refractivity contribution in [3.63, 3.8) is 0 Å². The normalized spacial score (nSPS) is 25.5. The Kier molecular flexibility index (Phi) is 12.6. The zero-order valence-electron chi connectivity index (χ0n) is 19.8. The Morgan fingerprint density at radius 3 is 2.14 bits per heavy atom. The molecule has 2 rings (SSSR count). The van der Waals surface area contributed by atoms with Gasteiger partial charge in [0.05, 0.1) is 0 Å². The maximum atomic E-state index is 2.92. The Morgan fingerprint density at radius 1 is 0.821 bits per heavy atom. The Hall–Kier alpha value is 0.310. The van der Waals surface area contributed by atoms with Gasteiger partial charge >= 0.3 is 0 Å². The standard InChI is InChI=1S/C26H51NS/c1-5-6-12-21-27(25-14-8-7-9-15-25)28-26(16-11-10-13-22(2)3)24-19-17-23(4)18-20-24/h22-26H,5-21H2,1-4H3. The van der Waals surface area contributed by atoms with Crippen molar-refractivity contribution in [3.8, 4) is 0 Å². The van der Waals surface area contributed by atoms with Crippen molar-refractivity contribution < 1.29 is 0 Å². The van der Waals surface area contributed by atoms with Crippen molar-refractivity contribution in [3.05, 3.63) is 0 Å². The van der Waals surface area contributed by atoms with Crippen molar-refractivity contribution in [1.29, 1.82) is 0 Å². The van der Waals surface area contributed by atoms with E-state index in [0.717, 1.165) is 29.0 Å². The van der Waals surface area contributed by atoms with E-state index in [1.165, 1.54) is 109 Å². The van der Waals surface area contributed by atoms with Crippen molar-refractivity contribution >= 4 is 11.9 Å². The molecule has 1 atom stereocenters. The molecule has 2 aliphatic carbocycles. The number of rotatable bonds is 13. The maximum Gasteiger partial charge on any atom is 0.0223 e. The van der Waals surface area contributed by atoms with E-state index in [2.05, 4.69) is 43.9 Å². The summed E-state index contributed by atoms with van der Waals surface area (Å²) in [5.41, 5.74) is 0. The largest absolute Gasteiger partial charge is 0.247 e. The lowest BCUT2D eigenvalue weighted by atomic mass is 9.80. The van der Waals surface area contributed by atoms with E-state index in [1.54, 1.807) is 0 Å². The summed E-state index contributed by atoms with van der Waals surface area (Å²) < 4.78 is 2.92. The average Bonchev–Trinajstić information content (AvgIpc) is 2.70. The monoisotopic (exact) mass is 409 g/mol. The molecule has 1 nitrogen and oxygen atoms in total. The molecule has 2 heteroatoms. The molecule has 0 radical (unpaired) electrons. The average molecular weight is 410 g/mol. The van der Waals surface area contributed by atoms with E-state index < -0.39 is 0 Å². The van der Waals surface area contributed by atoms with Crippen LogP contribution in [0.4, 0.5) is 0 Å². The van der Waals surface area contributed by atoms with Crippen LogP contribution in [-0.4, -0.2) is 22.1 Å². The number of hydrogen-bond acceptors (Lipinski definition) is 2. The predicted octanol–water partition coefficient (Wildman–Crippen LogP) is 8.87. The van der Waals surface area contributed by atoms with Gasteiger partial charge in [0.25, 0.3) is 0 Å². The van der Waals surface area contributed by atoms with Crippen molar-refractivity contribution in [2.75, 3.05) is 6.54 Å². The van der Waals surface area contributed by atoms with Gasteiger partial charge in [0.15, 0.2) is 0 Å². The van der Waals surface area contributed by atoms with Crippen molar-refractivity contribution in [2.24, 2.45) is 17.8 Å². The van der Waals surface area contributed by atoms with Crippen LogP contribution < -0.4 is 0 Å². The third-order valence-corrected chi connectivity index (χ3v) is 8.98. The summed E-state index contributed by atoms with van der Waals surface area (Å²) in [5.74, 6) is 2.83. The molecule has 0 saturated heterocycles. The molecule has 2 saturated carbocycles. The molecule has 166 valence electrons. The SMILES string of the molecule is CCCCCN(SC(CCCCC(C)C)C1CCC(C)CC1)C1CCCCC1. The fourth-order valence-corrected chi connectivity index (χ4v) is 6.99. The molecule has 0 bridgehead atoms. The van der Waals surface area contributed by atoms with E-state index >= 15 is 0 Å². The van der Waals surface area contributed by atoms with Crippen LogP contribution >= 0.6 is 11.9 Å². The molecule has 1 unspecified atom stereocenters. The molecule has 0 aromatic heterocycles. The van der Waals surface area contributed by atoms with Crippen LogP contribution in [0.1, 0.15) is 130 Å². The molecule has 0 aromatic rings. The van der Waals surface area contributed by atoms with Crippen molar-refractivity contribution in [2.45, 2.75) is 142 Å². The minimum Gasteiger partial charge on any atom is -0.247 e. The van der Waals surface area contributed by atoms with E-state index in [0.29, 0.717) is 0 Å². The molecular formula is C26H51NS. The molecule has 0 spiro atoms. The van der Waals surface area contributed by atoms with Crippen LogP contribution in [0.2, 0.25) is 0 Å². The van der Waals surface area contributed by atoms with E-state index in [9.17, 15) is 0 Å². The molecule has 2 aliphatic rings. The third kappa shape index (κ3) is 9.41. The summed E-state index contributed by atoms with van der Waals surface area (Å²) in [6.07, 6.45) is 23.2. The summed E-state index contributed by atoms with van der Waals surface area (Å²) in [6, 6.07) is 0.872. The smallest absolute Gasteiger partial charge is 0.0223 e. The lowest BCUT2D eigenvalue weighted by Crippen LogP contribution is -2.36. The lowest BCUT2D eigenvalue weighted by Gasteiger charge is -2.39.